The van der Waals surface area contributed by atoms with Gasteiger partial charge in [0, 0.05) is 31.9 Å². The van der Waals surface area contributed by atoms with Gasteiger partial charge in [-0.2, -0.15) is 0 Å². The maximum absolute atomic E-state index is 14.3. The predicted molar refractivity (Wildman–Crippen MR) is 92.8 cm³/mol. The number of anilines is 2. The number of nitrogens with one attached hydrogen (secondary N) is 1. The average molecular weight is 335 g/mol. The van der Waals surface area contributed by atoms with E-state index in [1.807, 2.05) is 4.90 Å². The van der Waals surface area contributed by atoms with Gasteiger partial charge in [-0.3, -0.25) is 0 Å². The van der Waals surface area contributed by atoms with Gasteiger partial charge >= 0.3 is 6.03 Å². The van der Waals surface area contributed by atoms with E-state index < -0.39 is 0 Å². The minimum absolute atomic E-state index is 0.202. The number of hydrogen-bond donors (Lipinski definition) is 2. The van der Waals surface area contributed by atoms with Crippen molar-refractivity contribution >= 4 is 17.4 Å². The Morgan fingerprint density at radius 1 is 1.25 bits per heavy atom. The highest BCUT2D eigenvalue weighted by Crippen LogP contribution is 2.26. The fourth-order valence-electron chi connectivity index (χ4n) is 3.59. The molecular weight excluding hydrogens is 309 g/mol. The third-order valence-corrected chi connectivity index (χ3v) is 5.15. The molecule has 1 aromatic carbocycles. The molecule has 2 amide bonds. The summed E-state index contributed by atoms with van der Waals surface area (Å²) in [5.41, 5.74) is 1.10. The van der Waals surface area contributed by atoms with E-state index in [1.54, 1.807) is 24.0 Å². The molecule has 24 heavy (non-hydrogen) atoms. The van der Waals surface area contributed by atoms with Gasteiger partial charge in [-0.15, -0.1) is 0 Å². The molecule has 3 rings (SSSR count). The SMILES string of the molecule is CC(O)C1CCN(C(=O)Nc2ccc(N3CCCC3)c(F)c2)CC1. The number of aliphatic hydroxyl groups excluding tert-OH is 1. The average Bonchev–Trinajstić information content (AvgIpc) is 3.09. The monoisotopic (exact) mass is 335 g/mol. The summed E-state index contributed by atoms with van der Waals surface area (Å²) < 4.78 is 14.3. The number of rotatable bonds is 3. The zero-order valence-corrected chi connectivity index (χ0v) is 14.2. The lowest BCUT2D eigenvalue weighted by atomic mass is 9.92. The van der Waals surface area contributed by atoms with Crippen molar-refractivity contribution in [3.63, 3.8) is 0 Å². The highest BCUT2D eigenvalue weighted by Gasteiger charge is 2.25. The Labute approximate surface area is 142 Å². The summed E-state index contributed by atoms with van der Waals surface area (Å²) in [4.78, 5) is 16.1. The van der Waals surface area contributed by atoms with Crippen LogP contribution in [-0.2, 0) is 0 Å². The summed E-state index contributed by atoms with van der Waals surface area (Å²) in [5, 5.41) is 12.4. The van der Waals surface area contributed by atoms with Crippen molar-refractivity contribution < 1.29 is 14.3 Å². The number of carbonyl (C=O) groups excluding carboxylic acids is 1. The number of hydrogen-bond acceptors (Lipinski definition) is 3. The van der Waals surface area contributed by atoms with E-state index in [-0.39, 0.29) is 23.9 Å². The number of piperidine rings is 1. The molecule has 2 aliphatic heterocycles. The molecule has 0 spiro atoms. The van der Waals surface area contributed by atoms with Crippen LogP contribution in [0.5, 0.6) is 0 Å². The second-order valence-corrected chi connectivity index (χ2v) is 6.86. The first kappa shape index (κ1) is 17.0. The van der Waals surface area contributed by atoms with E-state index in [2.05, 4.69) is 5.32 Å². The van der Waals surface area contributed by atoms with Crippen molar-refractivity contribution in [3.8, 4) is 0 Å². The van der Waals surface area contributed by atoms with E-state index in [9.17, 15) is 14.3 Å². The second-order valence-electron chi connectivity index (χ2n) is 6.86. The quantitative estimate of drug-likeness (QED) is 0.893. The molecule has 6 heteroatoms. The van der Waals surface area contributed by atoms with Crippen molar-refractivity contribution in [2.24, 2.45) is 5.92 Å². The molecule has 5 nitrogen and oxygen atoms in total. The highest BCUT2D eigenvalue weighted by atomic mass is 19.1. The lowest BCUT2D eigenvalue weighted by molar-refractivity contribution is 0.0820. The summed E-state index contributed by atoms with van der Waals surface area (Å²) >= 11 is 0. The van der Waals surface area contributed by atoms with E-state index in [1.165, 1.54) is 6.07 Å². The minimum Gasteiger partial charge on any atom is -0.393 e. The molecule has 0 radical (unpaired) electrons. The largest absolute Gasteiger partial charge is 0.393 e. The Morgan fingerprint density at radius 2 is 1.92 bits per heavy atom. The Bertz CT molecular complexity index is 580. The number of benzene rings is 1. The van der Waals surface area contributed by atoms with Gasteiger partial charge in [-0.05, 0) is 56.7 Å². The van der Waals surface area contributed by atoms with Crippen LogP contribution in [0, 0.1) is 11.7 Å². The van der Waals surface area contributed by atoms with Crippen LogP contribution in [0.4, 0.5) is 20.6 Å². The van der Waals surface area contributed by atoms with Crippen LogP contribution < -0.4 is 10.2 Å². The number of amides is 2. The van der Waals surface area contributed by atoms with Crippen molar-refractivity contribution in [2.45, 2.75) is 38.7 Å². The molecule has 1 unspecified atom stereocenters. The topological polar surface area (TPSA) is 55.8 Å². The molecule has 2 fully saturated rings. The zero-order valence-electron chi connectivity index (χ0n) is 14.2. The summed E-state index contributed by atoms with van der Waals surface area (Å²) in [6.07, 6.45) is 3.46. The molecule has 1 aromatic rings. The van der Waals surface area contributed by atoms with E-state index in [4.69, 9.17) is 0 Å². The van der Waals surface area contributed by atoms with Crippen molar-refractivity contribution in [1.82, 2.24) is 4.90 Å². The fraction of sp³-hybridized carbons (Fsp3) is 0.611. The van der Waals surface area contributed by atoms with E-state index in [0.29, 0.717) is 24.5 Å². The molecule has 2 aliphatic rings. The summed E-state index contributed by atoms with van der Waals surface area (Å²) in [7, 11) is 0. The zero-order chi connectivity index (χ0) is 17.1. The molecule has 1 atom stereocenters. The lowest BCUT2D eigenvalue weighted by Crippen LogP contribution is -2.42. The molecule has 2 N–H and O–H groups in total. The maximum Gasteiger partial charge on any atom is 0.321 e. The molecule has 0 aliphatic carbocycles. The Kier molecular flexibility index (Phi) is 5.23. The van der Waals surface area contributed by atoms with E-state index in [0.717, 1.165) is 38.8 Å². The van der Waals surface area contributed by atoms with Crippen molar-refractivity contribution in [2.75, 3.05) is 36.4 Å². The number of halogens is 1. The third kappa shape index (κ3) is 3.80. The Morgan fingerprint density at radius 3 is 2.50 bits per heavy atom. The van der Waals surface area contributed by atoms with Crippen molar-refractivity contribution in [3.05, 3.63) is 24.0 Å². The van der Waals surface area contributed by atoms with Crippen LogP contribution in [-0.4, -0.2) is 48.3 Å². The molecule has 0 saturated carbocycles. The van der Waals surface area contributed by atoms with Crippen LogP contribution >= 0.6 is 0 Å². The van der Waals surface area contributed by atoms with Gasteiger partial charge in [0.25, 0.3) is 0 Å². The first-order valence-electron chi connectivity index (χ1n) is 8.83. The van der Waals surface area contributed by atoms with Gasteiger partial charge in [0.05, 0.1) is 11.8 Å². The van der Waals surface area contributed by atoms with Gasteiger partial charge in [-0.1, -0.05) is 0 Å². The van der Waals surface area contributed by atoms with E-state index >= 15 is 0 Å². The Balaban J connectivity index is 1.58. The summed E-state index contributed by atoms with van der Waals surface area (Å²) in [5.74, 6) is -0.0336. The molecule has 2 saturated heterocycles. The number of urea groups is 1. The van der Waals surface area contributed by atoms with Crippen molar-refractivity contribution in [1.29, 1.82) is 0 Å². The minimum atomic E-state index is -0.331. The summed E-state index contributed by atoms with van der Waals surface area (Å²) in [6, 6.07) is 4.70. The van der Waals surface area contributed by atoms with Gasteiger partial charge in [0.2, 0.25) is 0 Å². The van der Waals surface area contributed by atoms with Gasteiger partial charge in [-0.25, -0.2) is 9.18 Å². The first-order valence-corrected chi connectivity index (χ1v) is 8.83. The van der Waals surface area contributed by atoms with Crippen LogP contribution in [0.2, 0.25) is 0 Å². The Hall–Kier alpha value is -1.82. The maximum atomic E-state index is 14.3. The number of nitrogens with zero attached hydrogens (tertiary/aromatic N) is 2. The molecule has 2 heterocycles. The van der Waals surface area contributed by atoms with Gasteiger partial charge < -0.3 is 20.2 Å². The van der Waals surface area contributed by atoms with Crippen LogP contribution in [0.15, 0.2) is 18.2 Å². The summed E-state index contributed by atoms with van der Waals surface area (Å²) in [6.45, 7) is 4.82. The van der Waals surface area contributed by atoms with Crippen LogP contribution in [0.1, 0.15) is 32.6 Å². The molecule has 0 bridgehead atoms. The standard InChI is InChI=1S/C18H26FN3O2/c1-13(23)14-6-10-22(11-7-14)18(24)20-15-4-5-17(16(19)12-15)21-8-2-3-9-21/h4-5,12-14,23H,2-3,6-11H2,1H3,(H,20,24). The van der Waals surface area contributed by atoms with Crippen LogP contribution in [0.3, 0.4) is 0 Å². The van der Waals surface area contributed by atoms with Gasteiger partial charge in [0.1, 0.15) is 5.82 Å². The number of carbonyl (C=O) groups is 1. The highest BCUT2D eigenvalue weighted by molar-refractivity contribution is 5.89. The third-order valence-electron chi connectivity index (χ3n) is 5.15. The molecular formula is C18H26FN3O2. The second kappa shape index (κ2) is 7.38. The smallest absolute Gasteiger partial charge is 0.321 e. The molecule has 132 valence electrons. The normalized spacial score (nSPS) is 20.3. The predicted octanol–water partition coefficient (Wildman–Crippen LogP) is 3.05. The van der Waals surface area contributed by atoms with Crippen LogP contribution in [0.25, 0.3) is 0 Å². The molecule has 0 aromatic heterocycles. The van der Waals surface area contributed by atoms with Gasteiger partial charge in [0.15, 0.2) is 0 Å². The number of likely N-dealkylation sites (tertiary alicyclic amines) is 1. The number of aliphatic hydroxyl groups is 1. The lowest BCUT2D eigenvalue weighted by Gasteiger charge is -2.33. The first-order chi connectivity index (χ1) is 11.5. The fourth-order valence-corrected chi connectivity index (χ4v) is 3.59.